The molecule has 0 aromatic carbocycles. The van der Waals surface area contributed by atoms with Crippen molar-refractivity contribution < 1.29 is 13.2 Å². The molecule has 1 saturated heterocycles. The van der Waals surface area contributed by atoms with Crippen LogP contribution >= 0.6 is 0 Å². The van der Waals surface area contributed by atoms with Gasteiger partial charge in [0.2, 0.25) is 6.41 Å². The van der Waals surface area contributed by atoms with Gasteiger partial charge >= 0.3 is 0 Å². The number of hydrogen-bond donors (Lipinski definition) is 1. The lowest BCUT2D eigenvalue weighted by molar-refractivity contribution is -0.109. The highest BCUT2D eigenvalue weighted by atomic mass is 32.2. The second-order valence-corrected chi connectivity index (χ2v) is 5.37. The second kappa shape index (κ2) is 4.57. The van der Waals surface area contributed by atoms with Gasteiger partial charge < -0.3 is 5.32 Å². The summed E-state index contributed by atoms with van der Waals surface area (Å²) in [5.74, 6) is 0.488. The van der Waals surface area contributed by atoms with E-state index in [1.807, 2.05) is 4.90 Å². The lowest BCUT2D eigenvalue weighted by Gasteiger charge is -2.25. The zero-order valence-electron chi connectivity index (χ0n) is 7.40. The van der Waals surface area contributed by atoms with Crippen LogP contribution in [0.15, 0.2) is 0 Å². The Morgan fingerprint density at radius 2 is 1.92 bits per heavy atom. The maximum absolute atomic E-state index is 11.0. The van der Waals surface area contributed by atoms with Crippen molar-refractivity contribution in [2.75, 3.05) is 37.7 Å². The van der Waals surface area contributed by atoms with Crippen molar-refractivity contribution in [3.05, 3.63) is 0 Å². The summed E-state index contributed by atoms with van der Waals surface area (Å²) in [4.78, 5) is 12.0. The van der Waals surface area contributed by atoms with Gasteiger partial charge in [-0.2, -0.15) is 0 Å². The molecule has 0 aliphatic carbocycles. The van der Waals surface area contributed by atoms with E-state index >= 15 is 0 Å². The number of carbonyl (C=O) groups excluding carboxylic acids is 1. The molecule has 1 amide bonds. The van der Waals surface area contributed by atoms with E-state index in [0.717, 1.165) is 6.54 Å². The first-order valence-electron chi connectivity index (χ1n) is 4.24. The fourth-order valence-corrected chi connectivity index (χ4v) is 2.53. The molecule has 1 aliphatic heterocycles. The maximum Gasteiger partial charge on any atom is 0.207 e. The Hall–Kier alpha value is -0.620. The summed E-state index contributed by atoms with van der Waals surface area (Å²) in [5.41, 5.74) is 0. The molecule has 0 bridgehead atoms. The van der Waals surface area contributed by atoms with Crippen molar-refractivity contribution in [3.63, 3.8) is 0 Å². The summed E-state index contributed by atoms with van der Waals surface area (Å²) in [6, 6.07) is 0. The Labute approximate surface area is 78.0 Å². The van der Waals surface area contributed by atoms with E-state index in [2.05, 4.69) is 5.32 Å². The van der Waals surface area contributed by atoms with Crippen LogP contribution in [-0.4, -0.2) is 57.4 Å². The lowest BCUT2D eigenvalue weighted by Crippen LogP contribution is -2.43. The number of nitrogens with zero attached hydrogens (tertiary/aromatic N) is 1. The Kier molecular flexibility index (Phi) is 3.68. The topological polar surface area (TPSA) is 66.5 Å². The summed E-state index contributed by atoms with van der Waals surface area (Å²) in [6.07, 6.45) is 0.653. The number of rotatable bonds is 4. The van der Waals surface area contributed by atoms with Gasteiger partial charge in [0.05, 0.1) is 11.5 Å². The summed E-state index contributed by atoms with van der Waals surface area (Å²) >= 11 is 0. The van der Waals surface area contributed by atoms with Gasteiger partial charge in [-0.15, -0.1) is 0 Å². The standard InChI is InChI=1S/C7H14N2O3S/c10-7-8-1-2-9-3-5-13(11,12)6-4-9/h7H,1-6H2,(H,8,10). The van der Waals surface area contributed by atoms with Gasteiger partial charge in [-0.05, 0) is 0 Å². The molecule has 0 atom stereocenters. The molecule has 0 saturated carbocycles. The summed E-state index contributed by atoms with van der Waals surface area (Å²) in [6.45, 7) is 2.49. The van der Waals surface area contributed by atoms with E-state index in [1.165, 1.54) is 0 Å². The summed E-state index contributed by atoms with van der Waals surface area (Å²) in [7, 11) is -2.78. The normalized spacial score (nSPS) is 22.5. The fourth-order valence-electron chi connectivity index (χ4n) is 1.26. The van der Waals surface area contributed by atoms with E-state index in [-0.39, 0.29) is 11.5 Å². The van der Waals surface area contributed by atoms with Crippen LogP contribution in [0.1, 0.15) is 0 Å². The third-order valence-corrected chi connectivity index (χ3v) is 3.70. The number of hydrogen-bond acceptors (Lipinski definition) is 4. The van der Waals surface area contributed by atoms with E-state index in [0.29, 0.717) is 26.0 Å². The first kappa shape index (κ1) is 10.5. The molecule has 5 nitrogen and oxygen atoms in total. The van der Waals surface area contributed by atoms with Crippen LogP contribution in [0.5, 0.6) is 0 Å². The average Bonchev–Trinajstić information content (AvgIpc) is 2.08. The average molecular weight is 206 g/mol. The van der Waals surface area contributed by atoms with Crippen LogP contribution in [0, 0.1) is 0 Å². The molecule has 0 aromatic heterocycles. The van der Waals surface area contributed by atoms with Gasteiger partial charge in [-0.25, -0.2) is 8.42 Å². The molecule has 0 radical (unpaired) electrons. The van der Waals surface area contributed by atoms with Gasteiger partial charge in [-0.1, -0.05) is 0 Å². The van der Waals surface area contributed by atoms with Crippen molar-refractivity contribution >= 4 is 16.2 Å². The van der Waals surface area contributed by atoms with Crippen LogP contribution in [0.25, 0.3) is 0 Å². The van der Waals surface area contributed by atoms with Gasteiger partial charge in [-0.3, -0.25) is 9.69 Å². The number of carbonyl (C=O) groups is 1. The molecule has 0 aromatic rings. The number of nitrogens with one attached hydrogen (secondary N) is 1. The van der Waals surface area contributed by atoms with Crippen molar-refractivity contribution in [2.24, 2.45) is 0 Å². The minimum atomic E-state index is -2.78. The maximum atomic E-state index is 11.0. The minimum Gasteiger partial charge on any atom is -0.357 e. The van der Waals surface area contributed by atoms with E-state index in [1.54, 1.807) is 0 Å². The second-order valence-electron chi connectivity index (χ2n) is 3.07. The number of amides is 1. The highest BCUT2D eigenvalue weighted by Crippen LogP contribution is 2.02. The molecule has 76 valence electrons. The molecule has 1 heterocycles. The molecule has 0 unspecified atom stereocenters. The molecule has 1 aliphatic rings. The fraction of sp³-hybridized carbons (Fsp3) is 0.857. The zero-order valence-corrected chi connectivity index (χ0v) is 8.22. The lowest BCUT2D eigenvalue weighted by atomic mass is 10.4. The molecule has 0 spiro atoms. The van der Waals surface area contributed by atoms with Crippen LogP contribution in [-0.2, 0) is 14.6 Å². The van der Waals surface area contributed by atoms with Crippen LogP contribution < -0.4 is 5.32 Å². The van der Waals surface area contributed by atoms with Crippen molar-refractivity contribution in [1.82, 2.24) is 10.2 Å². The molecule has 1 fully saturated rings. The van der Waals surface area contributed by atoms with E-state index in [9.17, 15) is 13.2 Å². The zero-order chi connectivity index (χ0) is 9.73. The highest BCUT2D eigenvalue weighted by molar-refractivity contribution is 7.91. The van der Waals surface area contributed by atoms with Gasteiger partial charge in [0.15, 0.2) is 9.84 Å². The Morgan fingerprint density at radius 1 is 1.31 bits per heavy atom. The van der Waals surface area contributed by atoms with Crippen molar-refractivity contribution in [2.45, 2.75) is 0 Å². The first-order chi connectivity index (χ1) is 6.14. The van der Waals surface area contributed by atoms with E-state index < -0.39 is 9.84 Å². The first-order valence-corrected chi connectivity index (χ1v) is 6.06. The molecule has 1 rings (SSSR count). The van der Waals surface area contributed by atoms with Gasteiger partial charge in [0.1, 0.15) is 0 Å². The quantitative estimate of drug-likeness (QED) is 0.447. The Balaban J connectivity index is 2.21. The summed E-state index contributed by atoms with van der Waals surface area (Å²) < 4.78 is 22.1. The smallest absolute Gasteiger partial charge is 0.207 e. The van der Waals surface area contributed by atoms with E-state index in [4.69, 9.17) is 0 Å². The molecule has 6 heteroatoms. The third kappa shape index (κ3) is 3.73. The molecular formula is C7H14N2O3S. The van der Waals surface area contributed by atoms with Gasteiger partial charge in [0, 0.05) is 26.2 Å². The highest BCUT2D eigenvalue weighted by Gasteiger charge is 2.20. The molecule has 1 N–H and O–H groups in total. The molecular weight excluding hydrogens is 192 g/mol. The molecule has 13 heavy (non-hydrogen) atoms. The van der Waals surface area contributed by atoms with Crippen LogP contribution in [0.2, 0.25) is 0 Å². The van der Waals surface area contributed by atoms with Gasteiger partial charge in [0.25, 0.3) is 0 Å². The predicted octanol–water partition coefficient (Wildman–Crippen LogP) is -1.54. The SMILES string of the molecule is O=CNCCN1CCS(=O)(=O)CC1. The Bertz CT molecular complexity index is 249. The minimum absolute atomic E-state index is 0.244. The third-order valence-electron chi connectivity index (χ3n) is 2.09. The predicted molar refractivity (Wildman–Crippen MR) is 49.2 cm³/mol. The summed E-state index contributed by atoms with van der Waals surface area (Å²) in [5, 5.41) is 2.54. The number of sulfone groups is 1. The van der Waals surface area contributed by atoms with Crippen molar-refractivity contribution in [1.29, 1.82) is 0 Å². The van der Waals surface area contributed by atoms with Crippen molar-refractivity contribution in [3.8, 4) is 0 Å². The largest absolute Gasteiger partial charge is 0.357 e. The van der Waals surface area contributed by atoms with Crippen LogP contribution in [0.4, 0.5) is 0 Å². The monoisotopic (exact) mass is 206 g/mol. The van der Waals surface area contributed by atoms with Crippen LogP contribution in [0.3, 0.4) is 0 Å². The Morgan fingerprint density at radius 3 is 2.46 bits per heavy atom.